The van der Waals surface area contributed by atoms with Crippen LogP contribution < -0.4 is 10.5 Å². The number of ether oxygens (including phenoxy) is 1. The second kappa shape index (κ2) is 6.69. The molecule has 0 amide bonds. The lowest BCUT2D eigenvalue weighted by atomic mass is 9.94. The highest BCUT2D eigenvalue weighted by Gasteiger charge is 2.15. The fourth-order valence-corrected chi connectivity index (χ4v) is 3.04. The second-order valence-electron chi connectivity index (χ2n) is 5.19. The van der Waals surface area contributed by atoms with Crippen LogP contribution in [0.15, 0.2) is 30.3 Å². The van der Waals surface area contributed by atoms with E-state index in [1.165, 1.54) is 0 Å². The van der Waals surface area contributed by atoms with Gasteiger partial charge in [-0.2, -0.15) is 0 Å². The molecule has 0 aromatic heterocycles. The van der Waals surface area contributed by atoms with Gasteiger partial charge in [-0.05, 0) is 60.7 Å². The number of hydrogen-bond acceptors (Lipinski definition) is 2. The number of hydrogen-bond donors (Lipinski definition) is 1. The van der Waals surface area contributed by atoms with Gasteiger partial charge >= 0.3 is 0 Å². The molecule has 1 atom stereocenters. The van der Waals surface area contributed by atoms with Crippen LogP contribution in [0.4, 0.5) is 0 Å². The van der Waals surface area contributed by atoms with Gasteiger partial charge in [0.05, 0.1) is 7.11 Å². The van der Waals surface area contributed by atoms with Crippen LogP contribution >= 0.6 is 23.2 Å². The Balaban J connectivity index is 2.33. The molecule has 0 spiro atoms. The zero-order valence-electron chi connectivity index (χ0n) is 12.4. The van der Waals surface area contributed by atoms with E-state index in [0.717, 1.165) is 28.0 Å². The van der Waals surface area contributed by atoms with Crippen LogP contribution in [-0.4, -0.2) is 7.11 Å². The molecular weight excluding hydrogens is 305 g/mol. The first-order chi connectivity index (χ1) is 9.93. The highest BCUT2D eigenvalue weighted by atomic mass is 35.5. The summed E-state index contributed by atoms with van der Waals surface area (Å²) >= 11 is 12.4. The van der Waals surface area contributed by atoms with Gasteiger partial charge in [0.15, 0.2) is 0 Å². The smallest absolute Gasteiger partial charge is 0.122 e. The van der Waals surface area contributed by atoms with Crippen LogP contribution in [0.1, 0.15) is 28.3 Å². The minimum Gasteiger partial charge on any atom is -0.496 e. The Morgan fingerprint density at radius 2 is 1.71 bits per heavy atom. The van der Waals surface area contributed by atoms with Crippen molar-refractivity contribution < 1.29 is 4.74 Å². The molecule has 112 valence electrons. The maximum Gasteiger partial charge on any atom is 0.122 e. The Hall–Kier alpha value is -1.22. The first-order valence-corrected chi connectivity index (χ1v) is 7.53. The largest absolute Gasteiger partial charge is 0.496 e. The van der Waals surface area contributed by atoms with Gasteiger partial charge in [0.1, 0.15) is 5.75 Å². The fourth-order valence-electron chi connectivity index (χ4n) is 2.49. The minimum atomic E-state index is -0.160. The minimum absolute atomic E-state index is 0.160. The molecule has 2 nitrogen and oxygen atoms in total. The normalized spacial score (nSPS) is 12.3. The molecule has 0 aliphatic rings. The highest BCUT2D eigenvalue weighted by Crippen LogP contribution is 2.31. The Morgan fingerprint density at radius 3 is 2.29 bits per heavy atom. The van der Waals surface area contributed by atoms with E-state index in [4.69, 9.17) is 33.7 Å². The topological polar surface area (TPSA) is 35.2 Å². The number of halogens is 2. The summed E-state index contributed by atoms with van der Waals surface area (Å²) in [6.45, 7) is 4.04. The van der Waals surface area contributed by atoms with Gasteiger partial charge < -0.3 is 10.5 Å². The van der Waals surface area contributed by atoms with Crippen molar-refractivity contribution in [2.24, 2.45) is 5.73 Å². The van der Waals surface area contributed by atoms with E-state index >= 15 is 0 Å². The predicted molar refractivity (Wildman–Crippen MR) is 89.6 cm³/mol. The Labute approximate surface area is 135 Å². The SMILES string of the molecule is COc1cc(C)c(C(N)Cc2c(Cl)cccc2Cl)cc1C. The third-order valence-corrected chi connectivity index (χ3v) is 4.38. The first-order valence-electron chi connectivity index (χ1n) is 6.77. The lowest BCUT2D eigenvalue weighted by Crippen LogP contribution is -2.15. The molecule has 2 rings (SSSR count). The molecule has 0 saturated heterocycles. The van der Waals surface area contributed by atoms with E-state index in [9.17, 15) is 0 Å². The lowest BCUT2D eigenvalue weighted by Gasteiger charge is -2.18. The fraction of sp³-hybridized carbons (Fsp3) is 0.294. The summed E-state index contributed by atoms with van der Waals surface area (Å²) in [7, 11) is 1.67. The Bertz CT molecular complexity index is 635. The van der Waals surface area contributed by atoms with Crippen molar-refractivity contribution in [1.29, 1.82) is 0 Å². The zero-order valence-corrected chi connectivity index (χ0v) is 13.9. The average molecular weight is 324 g/mol. The number of aryl methyl sites for hydroxylation is 2. The highest BCUT2D eigenvalue weighted by molar-refractivity contribution is 6.36. The molecule has 0 aliphatic carbocycles. The van der Waals surface area contributed by atoms with Gasteiger partial charge in [-0.3, -0.25) is 0 Å². The van der Waals surface area contributed by atoms with E-state index in [2.05, 4.69) is 6.07 Å². The number of methoxy groups -OCH3 is 1. The van der Waals surface area contributed by atoms with E-state index in [-0.39, 0.29) is 6.04 Å². The van der Waals surface area contributed by atoms with Crippen LogP contribution in [0.25, 0.3) is 0 Å². The maximum absolute atomic E-state index is 6.37. The van der Waals surface area contributed by atoms with Gasteiger partial charge in [-0.15, -0.1) is 0 Å². The van der Waals surface area contributed by atoms with Gasteiger partial charge in [0.25, 0.3) is 0 Å². The van der Waals surface area contributed by atoms with Crippen LogP contribution in [0.2, 0.25) is 10.0 Å². The summed E-state index contributed by atoms with van der Waals surface area (Å²) in [5, 5.41) is 1.31. The first kappa shape index (κ1) is 16.2. The number of rotatable bonds is 4. The molecule has 0 heterocycles. The maximum atomic E-state index is 6.37. The molecule has 4 heteroatoms. The third-order valence-electron chi connectivity index (χ3n) is 3.67. The van der Waals surface area contributed by atoms with E-state index < -0.39 is 0 Å². The van der Waals surface area contributed by atoms with Crippen molar-refractivity contribution in [3.63, 3.8) is 0 Å². The molecule has 0 fully saturated rings. The van der Waals surface area contributed by atoms with Crippen molar-refractivity contribution in [3.8, 4) is 5.75 Å². The summed E-state index contributed by atoms with van der Waals surface area (Å²) in [6.07, 6.45) is 0.602. The van der Waals surface area contributed by atoms with Crippen LogP contribution in [0.5, 0.6) is 5.75 Å². The quantitative estimate of drug-likeness (QED) is 0.871. The van der Waals surface area contributed by atoms with Crippen molar-refractivity contribution >= 4 is 23.2 Å². The number of benzene rings is 2. The number of nitrogens with two attached hydrogens (primary N) is 1. The van der Waals surface area contributed by atoms with Crippen LogP contribution in [0, 0.1) is 13.8 Å². The van der Waals surface area contributed by atoms with Crippen LogP contribution in [-0.2, 0) is 6.42 Å². The summed E-state index contributed by atoms with van der Waals surface area (Å²) < 4.78 is 5.33. The van der Waals surface area contributed by atoms with Crippen molar-refractivity contribution in [1.82, 2.24) is 0 Å². The average Bonchev–Trinajstić information content (AvgIpc) is 2.44. The van der Waals surface area contributed by atoms with E-state index in [0.29, 0.717) is 16.5 Å². The van der Waals surface area contributed by atoms with Crippen molar-refractivity contribution in [2.45, 2.75) is 26.3 Å². The molecule has 1 unspecified atom stereocenters. The van der Waals surface area contributed by atoms with E-state index in [1.807, 2.05) is 38.1 Å². The van der Waals surface area contributed by atoms with Gasteiger partial charge in [-0.1, -0.05) is 35.3 Å². The molecule has 0 radical (unpaired) electrons. The Kier molecular flexibility index (Phi) is 5.15. The molecule has 21 heavy (non-hydrogen) atoms. The van der Waals surface area contributed by atoms with Gasteiger partial charge in [0, 0.05) is 16.1 Å². The van der Waals surface area contributed by atoms with Gasteiger partial charge in [0.2, 0.25) is 0 Å². The monoisotopic (exact) mass is 323 g/mol. The summed E-state index contributed by atoms with van der Waals surface area (Å²) in [5.41, 5.74) is 10.5. The van der Waals surface area contributed by atoms with E-state index in [1.54, 1.807) is 7.11 Å². The summed E-state index contributed by atoms with van der Waals surface area (Å²) in [6, 6.07) is 9.43. The molecule has 0 bridgehead atoms. The van der Waals surface area contributed by atoms with Crippen LogP contribution in [0.3, 0.4) is 0 Å². The Morgan fingerprint density at radius 1 is 1.10 bits per heavy atom. The lowest BCUT2D eigenvalue weighted by molar-refractivity contribution is 0.411. The molecular formula is C17H19Cl2NO. The van der Waals surface area contributed by atoms with Crippen molar-refractivity contribution in [2.75, 3.05) is 7.11 Å². The summed E-state index contributed by atoms with van der Waals surface area (Å²) in [4.78, 5) is 0. The molecule has 0 aliphatic heterocycles. The third kappa shape index (κ3) is 3.52. The predicted octanol–water partition coefficient (Wildman–Crippen LogP) is 4.86. The second-order valence-corrected chi connectivity index (χ2v) is 6.00. The molecule has 2 aromatic rings. The molecule has 0 saturated carbocycles. The standard InChI is InChI=1S/C17H19Cl2NO/c1-10-8-17(21-3)11(2)7-12(10)16(20)9-13-14(18)5-4-6-15(13)19/h4-8,16H,9,20H2,1-3H3. The molecule has 2 aromatic carbocycles. The molecule has 2 N–H and O–H groups in total. The van der Waals surface area contributed by atoms with Gasteiger partial charge in [-0.25, -0.2) is 0 Å². The summed E-state index contributed by atoms with van der Waals surface area (Å²) in [5.74, 6) is 0.874. The van der Waals surface area contributed by atoms with Crippen molar-refractivity contribution in [3.05, 3.63) is 62.6 Å². The zero-order chi connectivity index (χ0) is 15.6.